The van der Waals surface area contributed by atoms with Gasteiger partial charge in [0.1, 0.15) is 6.04 Å². The summed E-state index contributed by atoms with van der Waals surface area (Å²) in [6, 6.07) is 9.63. The lowest BCUT2D eigenvalue weighted by Gasteiger charge is -2.35. The summed E-state index contributed by atoms with van der Waals surface area (Å²) in [4.78, 5) is 27.7. The van der Waals surface area contributed by atoms with Crippen LogP contribution in [-0.4, -0.2) is 52.7 Å². The Morgan fingerprint density at radius 3 is 2.41 bits per heavy atom. The molecule has 0 bridgehead atoms. The van der Waals surface area contributed by atoms with Crippen LogP contribution < -0.4 is 10.6 Å². The van der Waals surface area contributed by atoms with E-state index in [0.717, 1.165) is 30.4 Å². The summed E-state index contributed by atoms with van der Waals surface area (Å²) in [5.74, 6) is 0.0366. The molecule has 7 nitrogen and oxygen atoms in total. The second kappa shape index (κ2) is 9.69. The van der Waals surface area contributed by atoms with E-state index in [9.17, 15) is 9.59 Å². The van der Waals surface area contributed by atoms with Gasteiger partial charge in [0.05, 0.1) is 12.1 Å². The molecule has 2 unspecified atom stereocenters. The highest BCUT2D eigenvalue weighted by Crippen LogP contribution is 2.24. The van der Waals surface area contributed by atoms with E-state index in [-0.39, 0.29) is 23.8 Å². The molecule has 1 aliphatic rings. The number of piperidine rings is 1. The molecule has 2 aromatic rings. The Kier molecular flexibility index (Phi) is 7.04. The molecule has 156 valence electrons. The van der Waals surface area contributed by atoms with Crippen LogP contribution in [0.4, 0.5) is 0 Å². The SMILES string of the molecule is CCC(C(=O)N1CCC(NC(=O)C(NC)c2cnn(C)c2)CC1)c1ccccc1. The van der Waals surface area contributed by atoms with Crippen molar-refractivity contribution in [3.63, 3.8) is 0 Å². The molecular weight excluding hydrogens is 366 g/mol. The summed E-state index contributed by atoms with van der Waals surface area (Å²) in [5.41, 5.74) is 1.91. The van der Waals surface area contributed by atoms with E-state index < -0.39 is 6.04 Å². The molecule has 0 spiro atoms. The third-order valence-corrected chi connectivity index (χ3v) is 5.67. The summed E-state index contributed by atoms with van der Waals surface area (Å²) >= 11 is 0. The maximum Gasteiger partial charge on any atom is 0.242 e. The maximum absolute atomic E-state index is 13.0. The normalized spacial score (nSPS) is 17.0. The Bertz CT molecular complexity index is 812. The minimum absolute atomic E-state index is 0.0546. The third kappa shape index (κ3) is 5.03. The van der Waals surface area contributed by atoms with Crippen LogP contribution in [0.3, 0.4) is 0 Å². The number of hydrogen-bond acceptors (Lipinski definition) is 4. The average molecular weight is 398 g/mol. The van der Waals surface area contributed by atoms with Crippen molar-refractivity contribution in [2.75, 3.05) is 20.1 Å². The molecule has 2 atom stereocenters. The molecule has 0 radical (unpaired) electrons. The van der Waals surface area contributed by atoms with E-state index in [1.165, 1.54) is 0 Å². The Morgan fingerprint density at radius 1 is 1.17 bits per heavy atom. The summed E-state index contributed by atoms with van der Waals surface area (Å²) < 4.78 is 1.69. The summed E-state index contributed by atoms with van der Waals surface area (Å²) in [6.07, 6.45) is 5.87. The van der Waals surface area contributed by atoms with Gasteiger partial charge in [-0.3, -0.25) is 14.3 Å². The Hall–Kier alpha value is -2.67. The van der Waals surface area contributed by atoms with Crippen LogP contribution in [0.5, 0.6) is 0 Å². The van der Waals surface area contributed by atoms with Gasteiger partial charge in [-0.05, 0) is 31.9 Å². The van der Waals surface area contributed by atoms with Gasteiger partial charge in [-0.2, -0.15) is 5.10 Å². The number of aromatic nitrogens is 2. The van der Waals surface area contributed by atoms with Crippen molar-refractivity contribution >= 4 is 11.8 Å². The van der Waals surface area contributed by atoms with Gasteiger partial charge in [0, 0.05) is 37.9 Å². The van der Waals surface area contributed by atoms with E-state index in [1.54, 1.807) is 17.9 Å². The van der Waals surface area contributed by atoms with Gasteiger partial charge < -0.3 is 15.5 Å². The number of carbonyl (C=O) groups is 2. The van der Waals surface area contributed by atoms with Crippen LogP contribution in [-0.2, 0) is 16.6 Å². The fourth-order valence-electron chi connectivity index (χ4n) is 4.03. The number of nitrogens with zero attached hydrogens (tertiary/aromatic N) is 3. The number of nitrogens with one attached hydrogen (secondary N) is 2. The minimum atomic E-state index is -0.425. The number of hydrogen-bond donors (Lipinski definition) is 2. The molecule has 1 aliphatic heterocycles. The summed E-state index contributed by atoms with van der Waals surface area (Å²) in [5, 5.41) is 10.3. The van der Waals surface area contributed by atoms with Crippen molar-refractivity contribution in [3.8, 4) is 0 Å². The lowest BCUT2D eigenvalue weighted by atomic mass is 9.93. The molecule has 1 fully saturated rings. The van der Waals surface area contributed by atoms with Gasteiger partial charge in [-0.15, -0.1) is 0 Å². The minimum Gasteiger partial charge on any atom is -0.352 e. The largest absolute Gasteiger partial charge is 0.352 e. The molecular formula is C22H31N5O2. The van der Waals surface area contributed by atoms with Crippen molar-refractivity contribution < 1.29 is 9.59 Å². The van der Waals surface area contributed by atoms with E-state index in [4.69, 9.17) is 0 Å². The number of amides is 2. The Morgan fingerprint density at radius 2 is 1.86 bits per heavy atom. The second-order valence-corrected chi connectivity index (χ2v) is 7.65. The lowest BCUT2D eigenvalue weighted by Crippen LogP contribution is -2.49. The number of rotatable bonds is 7. The first-order valence-electron chi connectivity index (χ1n) is 10.3. The number of carbonyl (C=O) groups excluding carboxylic acids is 2. The van der Waals surface area contributed by atoms with Crippen molar-refractivity contribution in [1.29, 1.82) is 0 Å². The number of aryl methyl sites for hydroxylation is 1. The van der Waals surface area contributed by atoms with Crippen molar-refractivity contribution in [2.24, 2.45) is 7.05 Å². The molecule has 3 rings (SSSR count). The van der Waals surface area contributed by atoms with Gasteiger partial charge in [0.2, 0.25) is 11.8 Å². The topological polar surface area (TPSA) is 79.3 Å². The van der Waals surface area contributed by atoms with Crippen LogP contribution in [0.15, 0.2) is 42.7 Å². The van der Waals surface area contributed by atoms with Crippen LogP contribution in [0.25, 0.3) is 0 Å². The smallest absolute Gasteiger partial charge is 0.242 e. The highest BCUT2D eigenvalue weighted by Gasteiger charge is 2.30. The lowest BCUT2D eigenvalue weighted by molar-refractivity contribution is -0.134. The first kappa shape index (κ1) is 21.0. The van der Waals surface area contributed by atoms with Crippen LogP contribution in [0.2, 0.25) is 0 Å². The van der Waals surface area contributed by atoms with E-state index >= 15 is 0 Å². The Balaban J connectivity index is 1.54. The number of likely N-dealkylation sites (N-methyl/N-ethyl adjacent to an activating group) is 1. The quantitative estimate of drug-likeness (QED) is 0.749. The van der Waals surface area contributed by atoms with Gasteiger partial charge >= 0.3 is 0 Å². The molecule has 0 saturated carbocycles. The summed E-state index contributed by atoms with van der Waals surface area (Å²) in [7, 11) is 3.60. The molecule has 29 heavy (non-hydrogen) atoms. The van der Waals surface area contributed by atoms with Gasteiger partial charge in [0.15, 0.2) is 0 Å². The zero-order valence-electron chi connectivity index (χ0n) is 17.5. The van der Waals surface area contributed by atoms with Gasteiger partial charge in [-0.1, -0.05) is 37.3 Å². The third-order valence-electron chi connectivity index (χ3n) is 5.67. The average Bonchev–Trinajstić information content (AvgIpc) is 3.16. The van der Waals surface area contributed by atoms with Crippen LogP contribution >= 0.6 is 0 Å². The fourth-order valence-corrected chi connectivity index (χ4v) is 4.03. The predicted molar refractivity (Wildman–Crippen MR) is 112 cm³/mol. The van der Waals surface area contributed by atoms with Crippen molar-refractivity contribution in [2.45, 2.75) is 44.2 Å². The molecule has 2 amide bonds. The number of benzene rings is 1. The molecule has 1 aromatic carbocycles. The molecule has 0 aliphatic carbocycles. The van der Waals surface area contributed by atoms with E-state index in [0.29, 0.717) is 13.1 Å². The second-order valence-electron chi connectivity index (χ2n) is 7.65. The van der Waals surface area contributed by atoms with Gasteiger partial charge in [0.25, 0.3) is 0 Å². The first-order chi connectivity index (χ1) is 14.0. The van der Waals surface area contributed by atoms with Crippen molar-refractivity contribution in [1.82, 2.24) is 25.3 Å². The maximum atomic E-state index is 13.0. The predicted octanol–water partition coefficient (Wildman–Crippen LogP) is 1.98. The van der Waals surface area contributed by atoms with E-state index in [1.807, 2.05) is 48.5 Å². The molecule has 2 heterocycles. The highest BCUT2D eigenvalue weighted by atomic mass is 16.2. The molecule has 1 saturated heterocycles. The molecule has 1 aromatic heterocycles. The first-order valence-corrected chi connectivity index (χ1v) is 10.3. The zero-order chi connectivity index (χ0) is 20.8. The standard InChI is InChI=1S/C22H31N5O2/c1-4-19(16-8-6-5-7-9-16)22(29)27-12-10-18(11-13-27)25-21(28)20(23-2)17-14-24-26(3)15-17/h5-9,14-15,18-20,23H,4,10-13H2,1-3H3,(H,25,28). The Labute approximate surface area is 172 Å². The van der Waals surface area contributed by atoms with Crippen molar-refractivity contribution in [3.05, 3.63) is 53.9 Å². The molecule has 7 heteroatoms. The number of likely N-dealkylation sites (tertiary alicyclic amines) is 1. The van der Waals surface area contributed by atoms with Gasteiger partial charge in [-0.25, -0.2) is 0 Å². The van der Waals surface area contributed by atoms with E-state index in [2.05, 4.69) is 22.7 Å². The zero-order valence-corrected chi connectivity index (χ0v) is 17.5. The monoisotopic (exact) mass is 397 g/mol. The fraction of sp³-hybridized carbons (Fsp3) is 0.500. The molecule has 2 N–H and O–H groups in total. The van der Waals surface area contributed by atoms with Crippen LogP contribution in [0, 0.1) is 0 Å². The highest BCUT2D eigenvalue weighted by molar-refractivity contribution is 5.84. The van der Waals surface area contributed by atoms with Crippen LogP contribution in [0.1, 0.15) is 49.3 Å². The summed E-state index contributed by atoms with van der Waals surface area (Å²) in [6.45, 7) is 3.40.